The maximum absolute atomic E-state index is 12.0. The molecule has 0 aliphatic carbocycles. The van der Waals surface area contributed by atoms with Gasteiger partial charge in [-0.3, -0.25) is 4.79 Å². The minimum Gasteiger partial charge on any atom is -0.383 e. The highest BCUT2D eigenvalue weighted by Crippen LogP contribution is 2.33. The Kier molecular flexibility index (Phi) is 5.46. The van der Waals surface area contributed by atoms with Gasteiger partial charge in [-0.25, -0.2) is 9.97 Å². The van der Waals surface area contributed by atoms with Gasteiger partial charge >= 0.3 is 0 Å². The van der Waals surface area contributed by atoms with Crippen LogP contribution in [0.15, 0.2) is 29.4 Å². The van der Waals surface area contributed by atoms with E-state index in [-0.39, 0.29) is 11.7 Å². The van der Waals surface area contributed by atoms with E-state index >= 15 is 0 Å². The van der Waals surface area contributed by atoms with E-state index in [4.69, 9.17) is 17.3 Å². The van der Waals surface area contributed by atoms with Crippen LogP contribution in [0.5, 0.6) is 0 Å². The van der Waals surface area contributed by atoms with E-state index in [1.807, 2.05) is 26.0 Å². The van der Waals surface area contributed by atoms with Crippen LogP contribution in [0.25, 0.3) is 10.2 Å². The maximum Gasteiger partial charge on any atom is 0.230 e. The second kappa shape index (κ2) is 7.59. The summed E-state index contributed by atoms with van der Waals surface area (Å²) in [4.78, 5) is 22.9. The van der Waals surface area contributed by atoms with Crippen molar-refractivity contribution in [3.05, 3.63) is 45.3 Å². The molecule has 1 aromatic carbocycles. The second-order valence-corrected chi connectivity index (χ2v) is 8.13. The zero-order valence-corrected chi connectivity index (χ0v) is 16.2. The Morgan fingerprint density at radius 2 is 2.00 bits per heavy atom. The van der Waals surface area contributed by atoms with Gasteiger partial charge in [-0.1, -0.05) is 35.5 Å². The predicted octanol–water partition coefficient (Wildman–Crippen LogP) is 3.95. The molecule has 0 saturated heterocycles. The summed E-state index contributed by atoms with van der Waals surface area (Å²) in [7, 11) is 0. The third kappa shape index (κ3) is 4.23. The number of nitrogens with one attached hydrogen (secondary N) is 1. The molecule has 0 saturated carbocycles. The van der Waals surface area contributed by atoms with Crippen molar-refractivity contribution in [3.63, 3.8) is 0 Å². The van der Waals surface area contributed by atoms with Crippen molar-refractivity contribution in [2.45, 2.75) is 25.5 Å². The van der Waals surface area contributed by atoms with Crippen molar-refractivity contribution in [2.24, 2.45) is 0 Å². The number of aryl methyl sites for hydroxylation is 2. The van der Waals surface area contributed by atoms with Crippen molar-refractivity contribution in [2.75, 3.05) is 11.5 Å². The summed E-state index contributed by atoms with van der Waals surface area (Å²) < 4.78 is 0. The average molecular weight is 393 g/mol. The lowest BCUT2D eigenvalue weighted by Crippen LogP contribution is -2.24. The molecule has 0 aliphatic heterocycles. The number of thioether (sulfide) groups is 1. The van der Waals surface area contributed by atoms with Gasteiger partial charge < -0.3 is 11.1 Å². The highest BCUT2D eigenvalue weighted by molar-refractivity contribution is 7.99. The summed E-state index contributed by atoms with van der Waals surface area (Å²) in [5, 5.41) is 4.98. The summed E-state index contributed by atoms with van der Waals surface area (Å²) in [5.41, 5.74) is 8.17. The fourth-order valence-corrected chi connectivity index (χ4v) is 4.21. The number of carbonyl (C=O) groups excluding carboxylic acids is 1. The number of thiophene rings is 1. The normalized spacial score (nSPS) is 11.0. The first-order valence-corrected chi connectivity index (χ1v) is 9.79. The maximum atomic E-state index is 12.0. The molecule has 130 valence electrons. The SMILES string of the molecule is Cc1sc2nc(SCC(=O)NCc3ccc(Cl)cc3)nc(N)c2c1C. The molecule has 2 heterocycles. The first-order valence-electron chi connectivity index (χ1n) is 7.61. The molecule has 0 unspecified atom stereocenters. The highest BCUT2D eigenvalue weighted by Gasteiger charge is 2.13. The number of benzene rings is 1. The molecule has 3 rings (SSSR count). The van der Waals surface area contributed by atoms with Gasteiger partial charge in [0.2, 0.25) is 5.91 Å². The van der Waals surface area contributed by atoms with Crippen molar-refractivity contribution in [3.8, 4) is 0 Å². The topological polar surface area (TPSA) is 80.9 Å². The van der Waals surface area contributed by atoms with Crippen LogP contribution in [0.1, 0.15) is 16.0 Å². The average Bonchev–Trinajstić information content (AvgIpc) is 2.87. The Morgan fingerprint density at radius 3 is 2.72 bits per heavy atom. The molecular weight excluding hydrogens is 376 g/mol. The molecule has 1 amide bonds. The second-order valence-electron chi connectivity index (χ2n) is 5.55. The molecule has 0 aliphatic rings. The van der Waals surface area contributed by atoms with E-state index < -0.39 is 0 Å². The zero-order chi connectivity index (χ0) is 18.0. The van der Waals surface area contributed by atoms with Crippen LogP contribution in [-0.2, 0) is 11.3 Å². The quantitative estimate of drug-likeness (QED) is 0.507. The zero-order valence-electron chi connectivity index (χ0n) is 13.8. The van der Waals surface area contributed by atoms with E-state index in [1.54, 1.807) is 23.5 Å². The number of rotatable bonds is 5. The van der Waals surface area contributed by atoms with E-state index in [0.717, 1.165) is 21.3 Å². The molecule has 3 aromatic rings. The molecular formula is C17H17ClN4OS2. The summed E-state index contributed by atoms with van der Waals surface area (Å²) in [6.07, 6.45) is 0. The predicted molar refractivity (Wildman–Crippen MR) is 105 cm³/mol. The molecule has 0 bridgehead atoms. The lowest BCUT2D eigenvalue weighted by atomic mass is 10.2. The Balaban J connectivity index is 1.60. The van der Waals surface area contributed by atoms with Gasteiger partial charge in [0.15, 0.2) is 5.16 Å². The monoisotopic (exact) mass is 392 g/mol. The van der Waals surface area contributed by atoms with Crippen molar-refractivity contribution in [1.29, 1.82) is 0 Å². The molecule has 2 aromatic heterocycles. The minimum atomic E-state index is -0.0826. The number of nitrogens with zero attached hydrogens (tertiary/aromatic N) is 2. The molecule has 3 N–H and O–H groups in total. The summed E-state index contributed by atoms with van der Waals surface area (Å²) >= 11 is 8.72. The Labute approximate surface area is 159 Å². The van der Waals surface area contributed by atoms with E-state index in [2.05, 4.69) is 15.3 Å². The van der Waals surface area contributed by atoms with Crippen LogP contribution < -0.4 is 11.1 Å². The van der Waals surface area contributed by atoms with Crippen LogP contribution in [0.2, 0.25) is 5.02 Å². The third-order valence-electron chi connectivity index (χ3n) is 3.77. The Bertz CT molecular complexity index is 925. The number of hydrogen-bond donors (Lipinski definition) is 2. The summed E-state index contributed by atoms with van der Waals surface area (Å²) in [6.45, 7) is 4.52. The number of anilines is 1. The fraction of sp³-hybridized carbons (Fsp3) is 0.235. The van der Waals surface area contributed by atoms with E-state index in [1.165, 1.54) is 16.6 Å². The van der Waals surface area contributed by atoms with Crippen LogP contribution in [0.3, 0.4) is 0 Å². The van der Waals surface area contributed by atoms with Gasteiger partial charge in [-0.05, 0) is 37.1 Å². The minimum absolute atomic E-state index is 0.0826. The molecule has 0 fully saturated rings. The largest absolute Gasteiger partial charge is 0.383 e. The summed E-state index contributed by atoms with van der Waals surface area (Å²) in [6, 6.07) is 7.37. The number of carbonyl (C=O) groups is 1. The number of hydrogen-bond acceptors (Lipinski definition) is 6. The van der Waals surface area contributed by atoms with Crippen LogP contribution in [0.4, 0.5) is 5.82 Å². The third-order valence-corrected chi connectivity index (χ3v) is 5.97. The van der Waals surface area contributed by atoms with Crippen LogP contribution in [-0.4, -0.2) is 21.6 Å². The highest BCUT2D eigenvalue weighted by atomic mass is 35.5. The number of halogens is 1. The summed E-state index contributed by atoms with van der Waals surface area (Å²) in [5.74, 6) is 0.624. The van der Waals surface area contributed by atoms with E-state index in [0.29, 0.717) is 22.5 Å². The lowest BCUT2D eigenvalue weighted by molar-refractivity contribution is -0.118. The van der Waals surface area contributed by atoms with Crippen molar-refractivity contribution in [1.82, 2.24) is 15.3 Å². The van der Waals surface area contributed by atoms with Crippen LogP contribution in [0, 0.1) is 13.8 Å². The van der Waals surface area contributed by atoms with Gasteiger partial charge in [-0.15, -0.1) is 11.3 Å². The molecule has 0 atom stereocenters. The fourth-order valence-electron chi connectivity index (χ4n) is 2.31. The van der Waals surface area contributed by atoms with Gasteiger partial charge in [0.1, 0.15) is 10.6 Å². The smallest absolute Gasteiger partial charge is 0.230 e. The van der Waals surface area contributed by atoms with Crippen LogP contribution >= 0.6 is 34.7 Å². The first kappa shape index (κ1) is 18.0. The van der Waals surface area contributed by atoms with Gasteiger partial charge in [-0.2, -0.15) is 0 Å². The molecule has 0 spiro atoms. The Morgan fingerprint density at radius 1 is 1.28 bits per heavy atom. The molecule has 5 nitrogen and oxygen atoms in total. The molecule has 25 heavy (non-hydrogen) atoms. The van der Waals surface area contributed by atoms with Crippen molar-refractivity contribution < 1.29 is 4.79 Å². The van der Waals surface area contributed by atoms with Gasteiger partial charge in [0.05, 0.1) is 11.1 Å². The standard InChI is InChI=1S/C17H17ClN4OS2/c1-9-10(2)25-16-14(9)15(19)21-17(22-16)24-8-13(23)20-7-11-3-5-12(18)6-4-11/h3-6H,7-8H2,1-2H3,(H,20,23)(H2,19,21,22). The number of fused-ring (bicyclic) bond motifs is 1. The van der Waals surface area contributed by atoms with Crippen molar-refractivity contribution >= 4 is 56.6 Å². The molecule has 0 radical (unpaired) electrons. The van der Waals surface area contributed by atoms with Gasteiger partial charge in [0, 0.05) is 16.4 Å². The number of amides is 1. The lowest BCUT2D eigenvalue weighted by Gasteiger charge is -2.06. The first-order chi connectivity index (χ1) is 11.9. The Hall–Kier alpha value is -1.83. The molecule has 8 heteroatoms. The number of aromatic nitrogens is 2. The number of nitrogens with two attached hydrogens (primary N) is 1. The van der Waals surface area contributed by atoms with Gasteiger partial charge in [0.25, 0.3) is 0 Å². The number of nitrogen functional groups attached to an aromatic ring is 1. The van der Waals surface area contributed by atoms with E-state index in [9.17, 15) is 4.79 Å².